The molecule has 13 heavy (non-hydrogen) atoms. The Bertz CT molecular complexity index is 98.1. The van der Waals surface area contributed by atoms with E-state index in [9.17, 15) is 0 Å². The smallest absolute Gasteiger partial charge is 0.759 e. The van der Waals surface area contributed by atoms with E-state index in [-0.39, 0.29) is 81.9 Å². The summed E-state index contributed by atoms with van der Waals surface area (Å²) in [5.41, 5.74) is 0. The zero-order valence-electron chi connectivity index (χ0n) is 6.75. The zero-order chi connectivity index (χ0) is 4.50. The van der Waals surface area contributed by atoms with Crippen molar-refractivity contribution in [3.8, 4) is 0 Å². The standard InChI is InChI=1S/Na.H2O4S.6H2O.Zn/c;1-5(2,3)4;;;;;;;/h;(H2,1,2,3,4);6*1H2;/q+1;;;;;;;;+2/p-2. The van der Waals surface area contributed by atoms with Gasteiger partial charge in [0, 0.05) is 10.4 Å². The largest absolute Gasteiger partial charge is 2.00 e. The second-order valence-electron chi connectivity index (χ2n) is 0.408. The molecule has 0 amide bonds. The molecule has 80 valence electrons. The van der Waals surface area contributed by atoms with Crippen LogP contribution < -0.4 is 29.6 Å². The molecule has 0 fully saturated rings. The van der Waals surface area contributed by atoms with Gasteiger partial charge in [-0.25, -0.2) is 0 Å². The Hall–Kier alpha value is 1.25. The topological polar surface area (TPSA) is 269 Å². The van der Waals surface area contributed by atoms with Crippen molar-refractivity contribution in [2.24, 2.45) is 0 Å². The van der Waals surface area contributed by atoms with Crippen LogP contribution in [0.1, 0.15) is 0 Å². The summed E-state index contributed by atoms with van der Waals surface area (Å²) >= 11 is 0. The average Bonchev–Trinajstić information content (AvgIpc) is 0.722. The third kappa shape index (κ3) is 1070. The second kappa shape index (κ2) is 37.8. The van der Waals surface area contributed by atoms with E-state index in [2.05, 4.69) is 0 Å². The minimum atomic E-state index is -5.17. The van der Waals surface area contributed by atoms with Gasteiger partial charge < -0.3 is 42.0 Å². The zero-order valence-corrected chi connectivity index (χ0v) is 12.5. The van der Waals surface area contributed by atoms with E-state index < -0.39 is 10.4 Å². The van der Waals surface area contributed by atoms with Crippen LogP contribution in [0, 0.1) is 0 Å². The van der Waals surface area contributed by atoms with Crippen LogP contribution in [0.2, 0.25) is 0 Å². The minimum Gasteiger partial charge on any atom is -0.759 e. The fraction of sp³-hybridized carbons (Fsp3) is 0. The summed E-state index contributed by atoms with van der Waals surface area (Å²) in [5, 5.41) is 0. The fourth-order valence-corrected chi connectivity index (χ4v) is 0. The molecule has 0 atom stereocenters. The SMILES string of the molecule is O.O.O.O.O.O.O=S(=O)([O-])[O-].[Na+].[Zn+2]. The molecule has 0 radical (unpaired) electrons. The van der Waals surface area contributed by atoms with Crippen LogP contribution in [0.4, 0.5) is 0 Å². The summed E-state index contributed by atoms with van der Waals surface area (Å²) in [6, 6.07) is 0. The average molecular weight is 293 g/mol. The third-order valence-corrected chi connectivity index (χ3v) is 0. The van der Waals surface area contributed by atoms with Crippen molar-refractivity contribution in [2.75, 3.05) is 0 Å². The molecule has 0 saturated carbocycles. The molecule has 0 spiro atoms. The molecule has 0 bridgehead atoms. The Balaban J connectivity index is -0.00000000286. The van der Waals surface area contributed by atoms with Gasteiger partial charge in [0.2, 0.25) is 0 Å². The molecule has 13 heteroatoms. The first-order valence-electron chi connectivity index (χ1n) is 0.667. The maximum atomic E-state index is 8.52. The molecule has 0 saturated heterocycles. The summed E-state index contributed by atoms with van der Waals surface area (Å²) in [6.45, 7) is 0. The van der Waals surface area contributed by atoms with Crippen molar-refractivity contribution in [2.45, 2.75) is 0 Å². The molecule has 0 aromatic carbocycles. The van der Waals surface area contributed by atoms with Crippen molar-refractivity contribution in [3.05, 3.63) is 0 Å². The van der Waals surface area contributed by atoms with Gasteiger partial charge in [0.15, 0.2) is 0 Å². The van der Waals surface area contributed by atoms with E-state index in [1.54, 1.807) is 0 Å². The van der Waals surface area contributed by atoms with Crippen molar-refractivity contribution >= 4 is 10.4 Å². The molecule has 0 aromatic rings. The molecule has 0 unspecified atom stereocenters. The van der Waals surface area contributed by atoms with Gasteiger partial charge in [-0.3, -0.25) is 8.42 Å². The fourth-order valence-electron chi connectivity index (χ4n) is 0. The summed E-state index contributed by atoms with van der Waals surface area (Å²) in [4.78, 5) is 0. The summed E-state index contributed by atoms with van der Waals surface area (Å²) in [7, 11) is -5.17. The summed E-state index contributed by atoms with van der Waals surface area (Å²) in [5.74, 6) is 0. The maximum Gasteiger partial charge on any atom is 2.00 e. The number of hydrogen-bond donors (Lipinski definition) is 0. The second-order valence-corrected chi connectivity index (χ2v) is 1.22. The molecule has 0 aliphatic heterocycles. The summed E-state index contributed by atoms with van der Waals surface area (Å²) in [6.07, 6.45) is 0. The van der Waals surface area contributed by atoms with E-state index >= 15 is 0 Å². The maximum absolute atomic E-state index is 8.52. The van der Waals surface area contributed by atoms with Crippen LogP contribution in [-0.4, -0.2) is 50.4 Å². The molecular formula is H12NaO10SZn+. The molecular weight excluding hydrogens is 280 g/mol. The van der Waals surface area contributed by atoms with Crippen molar-refractivity contribution < 1.29 is 99.4 Å². The van der Waals surface area contributed by atoms with E-state index in [0.29, 0.717) is 0 Å². The Labute approximate surface area is 109 Å². The van der Waals surface area contributed by atoms with Crippen molar-refractivity contribution in [1.82, 2.24) is 0 Å². The van der Waals surface area contributed by atoms with Crippen LogP contribution >= 0.6 is 0 Å². The molecule has 0 aromatic heterocycles. The Kier molecular flexibility index (Phi) is 264. The van der Waals surface area contributed by atoms with Crippen LogP contribution in [-0.2, 0) is 29.9 Å². The Morgan fingerprint density at radius 1 is 0.692 bits per heavy atom. The summed E-state index contributed by atoms with van der Waals surface area (Å²) < 4.78 is 34.1. The molecule has 0 heterocycles. The van der Waals surface area contributed by atoms with Gasteiger partial charge >= 0.3 is 49.0 Å². The van der Waals surface area contributed by atoms with E-state index in [0.717, 1.165) is 0 Å². The Morgan fingerprint density at radius 3 is 0.692 bits per heavy atom. The van der Waals surface area contributed by atoms with E-state index in [4.69, 9.17) is 17.5 Å². The van der Waals surface area contributed by atoms with Gasteiger partial charge in [-0.15, -0.1) is 0 Å². The van der Waals surface area contributed by atoms with Crippen LogP contribution in [0.3, 0.4) is 0 Å². The predicted molar refractivity (Wildman–Crippen MR) is 32.2 cm³/mol. The van der Waals surface area contributed by atoms with Crippen molar-refractivity contribution in [1.29, 1.82) is 0 Å². The number of rotatable bonds is 0. The predicted octanol–water partition coefficient (Wildman–Crippen LogP) is -9.28. The van der Waals surface area contributed by atoms with E-state index in [1.807, 2.05) is 0 Å². The molecule has 0 aliphatic rings. The number of hydrogen-bond acceptors (Lipinski definition) is 4. The molecule has 10 nitrogen and oxygen atoms in total. The van der Waals surface area contributed by atoms with Gasteiger partial charge in [-0.05, 0) is 0 Å². The molecule has 0 rings (SSSR count). The van der Waals surface area contributed by atoms with Crippen LogP contribution in [0.15, 0.2) is 0 Å². The van der Waals surface area contributed by atoms with E-state index in [1.165, 1.54) is 0 Å². The monoisotopic (exact) mass is 291 g/mol. The van der Waals surface area contributed by atoms with Gasteiger partial charge in [-0.1, -0.05) is 0 Å². The van der Waals surface area contributed by atoms with Gasteiger partial charge in [0.25, 0.3) is 0 Å². The minimum absolute atomic E-state index is 0. The quantitative estimate of drug-likeness (QED) is 0.238. The first-order chi connectivity index (χ1) is 2.00. The van der Waals surface area contributed by atoms with Gasteiger partial charge in [0.1, 0.15) is 0 Å². The van der Waals surface area contributed by atoms with Gasteiger partial charge in [0.05, 0.1) is 0 Å². The Morgan fingerprint density at radius 2 is 0.692 bits per heavy atom. The third-order valence-electron chi connectivity index (χ3n) is 0. The molecule has 0 aliphatic carbocycles. The first kappa shape index (κ1) is 90.7. The van der Waals surface area contributed by atoms with Crippen molar-refractivity contribution in [3.63, 3.8) is 0 Å². The normalized spacial score (nSPS) is 4.46. The van der Waals surface area contributed by atoms with Crippen LogP contribution in [0.5, 0.6) is 0 Å². The van der Waals surface area contributed by atoms with Crippen LogP contribution in [0.25, 0.3) is 0 Å². The first-order valence-corrected chi connectivity index (χ1v) is 2.00. The van der Waals surface area contributed by atoms with Gasteiger partial charge in [-0.2, -0.15) is 0 Å². The molecule has 12 N–H and O–H groups in total.